The van der Waals surface area contributed by atoms with Gasteiger partial charge in [-0.1, -0.05) is 26.0 Å². The predicted octanol–water partition coefficient (Wildman–Crippen LogP) is 1.90. The molecular formula is C17H22O5. The molecule has 5 heteroatoms. The van der Waals surface area contributed by atoms with Gasteiger partial charge in [-0.3, -0.25) is 14.4 Å². The van der Waals surface area contributed by atoms with Crippen LogP contribution in [0.2, 0.25) is 0 Å². The van der Waals surface area contributed by atoms with Gasteiger partial charge in [-0.05, 0) is 5.92 Å². The Kier molecular flexibility index (Phi) is 3.62. The molecule has 1 heterocycles. The quantitative estimate of drug-likeness (QED) is 0.546. The highest BCUT2D eigenvalue weighted by Crippen LogP contribution is 2.52. The van der Waals surface area contributed by atoms with Crippen LogP contribution in [0.5, 0.6) is 0 Å². The molecule has 2 aliphatic carbocycles. The molecule has 0 spiro atoms. The van der Waals surface area contributed by atoms with Gasteiger partial charge in [-0.25, -0.2) is 0 Å². The molecule has 0 aromatic carbocycles. The maximum atomic E-state index is 12.1. The predicted molar refractivity (Wildman–Crippen MR) is 77.6 cm³/mol. The average molecular weight is 306 g/mol. The number of carbonyl (C=O) groups is 3. The fraction of sp³-hybridized carbons (Fsp3) is 0.706. The topological polar surface area (TPSA) is 69.7 Å². The molecule has 0 aromatic heterocycles. The first-order chi connectivity index (χ1) is 10.3. The summed E-state index contributed by atoms with van der Waals surface area (Å²) in [6.45, 7) is 9.22. The number of esters is 2. The number of ether oxygens (including phenoxy) is 2. The van der Waals surface area contributed by atoms with Crippen LogP contribution in [-0.4, -0.2) is 29.9 Å². The largest absolute Gasteiger partial charge is 0.462 e. The van der Waals surface area contributed by atoms with Crippen LogP contribution in [0.1, 0.15) is 33.6 Å². The second kappa shape index (κ2) is 5.21. The molecule has 120 valence electrons. The van der Waals surface area contributed by atoms with E-state index < -0.39 is 6.10 Å². The maximum Gasteiger partial charge on any atom is 0.309 e. The van der Waals surface area contributed by atoms with Crippen LogP contribution in [0.4, 0.5) is 0 Å². The lowest BCUT2D eigenvalue weighted by molar-refractivity contribution is -0.151. The van der Waals surface area contributed by atoms with E-state index in [1.54, 1.807) is 0 Å². The van der Waals surface area contributed by atoms with Crippen molar-refractivity contribution in [3.8, 4) is 0 Å². The molecule has 1 saturated heterocycles. The van der Waals surface area contributed by atoms with Crippen LogP contribution in [0.15, 0.2) is 12.2 Å². The molecule has 3 aliphatic rings. The molecule has 0 radical (unpaired) electrons. The number of rotatable bonds is 1. The Bertz CT molecular complexity index is 551. The van der Waals surface area contributed by atoms with Crippen molar-refractivity contribution >= 4 is 17.7 Å². The third-order valence-electron chi connectivity index (χ3n) is 5.67. The van der Waals surface area contributed by atoms with E-state index in [4.69, 9.17) is 9.47 Å². The summed E-state index contributed by atoms with van der Waals surface area (Å²) < 4.78 is 11.1. The minimum atomic E-state index is -0.399. The number of fused-ring (bicyclic) bond motifs is 3. The summed E-state index contributed by atoms with van der Waals surface area (Å²) in [4.78, 5) is 35.7. The van der Waals surface area contributed by atoms with Crippen LogP contribution < -0.4 is 0 Å². The zero-order valence-electron chi connectivity index (χ0n) is 13.2. The van der Waals surface area contributed by atoms with Gasteiger partial charge in [0.2, 0.25) is 0 Å². The van der Waals surface area contributed by atoms with Crippen molar-refractivity contribution in [2.45, 2.75) is 45.8 Å². The summed E-state index contributed by atoms with van der Waals surface area (Å²) in [6.07, 6.45) is 0.192. The van der Waals surface area contributed by atoms with Crippen molar-refractivity contribution in [3.05, 3.63) is 12.2 Å². The highest BCUT2D eigenvalue weighted by atomic mass is 16.6. The first-order valence-corrected chi connectivity index (χ1v) is 7.89. The number of ketones is 1. The van der Waals surface area contributed by atoms with E-state index in [2.05, 4.69) is 6.58 Å². The number of carbonyl (C=O) groups excluding carboxylic acids is 3. The van der Waals surface area contributed by atoms with E-state index in [1.165, 1.54) is 6.92 Å². The molecule has 5 nitrogen and oxygen atoms in total. The summed E-state index contributed by atoms with van der Waals surface area (Å²) in [5, 5.41) is 0. The first kappa shape index (κ1) is 15.3. The van der Waals surface area contributed by atoms with Crippen LogP contribution >= 0.6 is 0 Å². The summed E-state index contributed by atoms with van der Waals surface area (Å²) in [6, 6.07) is 0. The molecule has 0 amide bonds. The maximum absolute atomic E-state index is 12.1. The zero-order chi connectivity index (χ0) is 16.2. The highest BCUT2D eigenvalue weighted by Gasteiger charge is 2.58. The molecule has 2 saturated carbocycles. The number of Topliss-reactive ketones (excluding diaryl/α,β-unsaturated/α-hetero) is 1. The Morgan fingerprint density at radius 1 is 1.18 bits per heavy atom. The molecule has 0 aromatic rings. The number of hydrogen-bond donors (Lipinski definition) is 0. The van der Waals surface area contributed by atoms with E-state index in [0.29, 0.717) is 12.8 Å². The van der Waals surface area contributed by atoms with Gasteiger partial charge in [0.05, 0.1) is 5.92 Å². The van der Waals surface area contributed by atoms with Gasteiger partial charge in [0.25, 0.3) is 0 Å². The van der Waals surface area contributed by atoms with Gasteiger partial charge < -0.3 is 9.47 Å². The summed E-state index contributed by atoms with van der Waals surface area (Å²) in [5.74, 6) is -1.11. The van der Waals surface area contributed by atoms with Crippen LogP contribution in [0.3, 0.4) is 0 Å². The average Bonchev–Trinajstić information content (AvgIpc) is 2.83. The Morgan fingerprint density at radius 2 is 1.86 bits per heavy atom. The molecular weight excluding hydrogens is 284 g/mol. The smallest absolute Gasteiger partial charge is 0.309 e. The summed E-state index contributed by atoms with van der Waals surface area (Å²) >= 11 is 0. The van der Waals surface area contributed by atoms with Gasteiger partial charge >= 0.3 is 11.9 Å². The molecule has 1 aliphatic heterocycles. The molecule has 0 bridgehead atoms. The standard InChI is InChI=1S/C17H22O5/c1-7-5-13(21-10(4)18)15-9(3)17(20)22-16(15)14-8(2)12(19)6-11(7)14/h8-9,11,13-16H,1,5-6H2,2-4H3. The lowest BCUT2D eigenvalue weighted by Crippen LogP contribution is -2.39. The fourth-order valence-electron chi connectivity index (χ4n) is 4.54. The third-order valence-corrected chi connectivity index (χ3v) is 5.67. The molecule has 0 N–H and O–H groups in total. The lowest BCUT2D eigenvalue weighted by atomic mass is 9.77. The van der Waals surface area contributed by atoms with Crippen LogP contribution in [0.25, 0.3) is 0 Å². The van der Waals surface area contributed by atoms with Gasteiger partial charge in [0.15, 0.2) is 0 Å². The Hall–Kier alpha value is -1.65. The minimum Gasteiger partial charge on any atom is -0.462 e. The minimum absolute atomic E-state index is 0.0219. The molecule has 7 unspecified atom stereocenters. The molecule has 7 atom stereocenters. The van der Waals surface area contributed by atoms with E-state index in [0.717, 1.165) is 5.57 Å². The van der Waals surface area contributed by atoms with Gasteiger partial charge in [-0.15, -0.1) is 0 Å². The Morgan fingerprint density at radius 3 is 2.50 bits per heavy atom. The van der Waals surface area contributed by atoms with Crippen molar-refractivity contribution in [2.24, 2.45) is 29.6 Å². The van der Waals surface area contributed by atoms with Crippen LogP contribution in [0, 0.1) is 29.6 Å². The van der Waals surface area contributed by atoms with Crippen molar-refractivity contribution in [1.82, 2.24) is 0 Å². The normalized spacial score (nSPS) is 44.1. The van der Waals surface area contributed by atoms with Gasteiger partial charge in [0.1, 0.15) is 18.0 Å². The molecule has 3 rings (SSSR count). The Balaban J connectivity index is 2.01. The monoisotopic (exact) mass is 306 g/mol. The van der Waals surface area contributed by atoms with E-state index >= 15 is 0 Å². The summed E-state index contributed by atoms with van der Waals surface area (Å²) in [7, 11) is 0. The van der Waals surface area contributed by atoms with Crippen molar-refractivity contribution < 1.29 is 23.9 Å². The van der Waals surface area contributed by atoms with Crippen molar-refractivity contribution in [2.75, 3.05) is 0 Å². The SMILES string of the molecule is C=C1CC(OC(C)=O)C2C(C)C(=O)OC2C2C(C)C(=O)CC12. The van der Waals surface area contributed by atoms with Crippen molar-refractivity contribution in [1.29, 1.82) is 0 Å². The first-order valence-electron chi connectivity index (χ1n) is 7.89. The van der Waals surface area contributed by atoms with Crippen molar-refractivity contribution in [3.63, 3.8) is 0 Å². The van der Waals surface area contributed by atoms with E-state index in [1.807, 2.05) is 13.8 Å². The van der Waals surface area contributed by atoms with Gasteiger partial charge in [-0.2, -0.15) is 0 Å². The second-order valence-electron chi connectivity index (χ2n) is 6.92. The zero-order valence-corrected chi connectivity index (χ0v) is 13.2. The van der Waals surface area contributed by atoms with E-state index in [9.17, 15) is 14.4 Å². The van der Waals surface area contributed by atoms with Crippen LogP contribution in [-0.2, 0) is 23.9 Å². The number of hydrogen-bond acceptors (Lipinski definition) is 5. The molecule has 22 heavy (non-hydrogen) atoms. The second-order valence-corrected chi connectivity index (χ2v) is 6.92. The Labute approximate surface area is 130 Å². The van der Waals surface area contributed by atoms with E-state index in [-0.39, 0.29) is 53.4 Å². The lowest BCUT2D eigenvalue weighted by Gasteiger charge is -2.30. The summed E-state index contributed by atoms with van der Waals surface area (Å²) in [5.41, 5.74) is 0.937. The fourth-order valence-corrected chi connectivity index (χ4v) is 4.54. The third kappa shape index (κ3) is 2.18. The highest BCUT2D eigenvalue weighted by molar-refractivity contribution is 5.85. The van der Waals surface area contributed by atoms with Gasteiger partial charge in [0, 0.05) is 37.5 Å². The molecule has 3 fully saturated rings.